The molecular formula is C12H17F2NO. The van der Waals surface area contributed by atoms with Crippen LogP contribution in [-0.4, -0.2) is 12.6 Å². The molecule has 1 rings (SSSR count). The van der Waals surface area contributed by atoms with Crippen molar-refractivity contribution in [2.75, 3.05) is 6.54 Å². The van der Waals surface area contributed by atoms with E-state index < -0.39 is 11.6 Å². The van der Waals surface area contributed by atoms with Crippen LogP contribution < -0.4 is 10.5 Å². The Morgan fingerprint density at radius 3 is 2.06 bits per heavy atom. The first kappa shape index (κ1) is 12.9. The first-order valence-corrected chi connectivity index (χ1v) is 5.16. The number of halogens is 2. The van der Waals surface area contributed by atoms with Gasteiger partial charge in [0.15, 0.2) is 0 Å². The van der Waals surface area contributed by atoms with Gasteiger partial charge in [0.2, 0.25) is 0 Å². The molecule has 1 aromatic rings. The maximum atomic E-state index is 12.9. The minimum Gasteiger partial charge on any atom is -0.488 e. The molecule has 0 aromatic heterocycles. The van der Waals surface area contributed by atoms with Gasteiger partial charge in [-0.05, 0) is 0 Å². The average Bonchev–Trinajstić information content (AvgIpc) is 2.10. The van der Waals surface area contributed by atoms with E-state index in [9.17, 15) is 8.78 Å². The fraction of sp³-hybridized carbons (Fsp3) is 0.500. The third-order valence-corrected chi connectivity index (χ3v) is 2.29. The van der Waals surface area contributed by atoms with Crippen molar-refractivity contribution in [3.8, 4) is 5.75 Å². The van der Waals surface area contributed by atoms with Crippen LogP contribution in [0.25, 0.3) is 0 Å². The monoisotopic (exact) mass is 229 g/mol. The van der Waals surface area contributed by atoms with Crippen LogP contribution >= 0.6 is 0 Å². The van der Waals surface area contributed by atoms with E-state index in [-0.39, 0.29) is 17.3 Å². The maximum absolute atomic E-state index is 12.9. The molecule has 0 saturated carbocycles. The first-order valence-electron chi connectivity index (χ1n) is 5.16. The van der Waals surface area contributed by atoms with Crippen LogP contribution in [0.2, 0.25) is 0 Å². The Hall–Kier alpha value is -1.16. The summed E-state index contributed by atoms with van der Waals surface area (Å²) in [6.07, 6.45) is -0.284. The molecule has 0 aliphatic heterocycles. The normalized spacial score (nSPS) is 13.6. The Balaban J connectivity index is 2.86. The van der Waals surface area contributed by atoms with Crippen molar-refractivity contribution in [2.45, 2.75) is 26.9 Å². The average molecular weight is 229 g/mol. The lowest BCUT2D eigenvalue weighted by Gasteiger charge is -2.30. The summed E-state index contributed by atoms with van der Waals surface area (Å²) in [6, 6.07) is 3.11. The van der Waals surface area contributed by atoms with Gasteiger partial charge in [0, 0.05) is 30.2 Å². The lowest BCUT2D eigenvalue weighted by atomic mass is 9.89. The summed E-state index contributed by atoms with van der Waals surface area (Å²) in [5.41, 5.74) is 5.39. The Morgan fingerprint density at radius 2 is 1.69 bits per heavy atom. The van der Waals surface area contributed by atoms with E-state index >= 15 is 0 Å². The van der Waals surface area contributed by atoms with Gasteiger partial charge in [0.05, 0.1) is 0 Å². The van der Waals surface area contributed by atoms with Crippen LogP contribution in [0.3, 0.4) is 0 Å². The number of hydrogen-bond acceptors (Lipinski definition) is 2. The van der Waals surface area contributed by atoms with Crippen molar-refractivity contribution in [1.29, 1.82) is 0 Å². The zero-order valence-electron chi connectivity index (χ0n) is 9.76. The van der Waals surface area contributed by atoms with Crippen LogP contribution in [0.1, 0.15) is 20.8 Å². The number of rotatable bonds is 3. The van der Waals surface area contributed by atoms with E-state index in [1.807, 2.05) is 20.8 Å². The third kappa shape index (κ3) is 3.45. The third-order valence-electron chi connectivity index (χ3n) is 2.29. The summed E-state index contributed by atoms with van der Waals surface area (Å²) in [5, 5.41) is 0. The molecule has 2 N–H and O–H groups in total. The van der Waals surface area contributed by atoms with Crippen LogP contribution in [-0.2, 0) is 0 Å². The summed E-state index contributed by atoms with van der Waals surface area (Å²) in [7, 11) is 0. The van der Waals surface area contributed by atoms with E-state index in [1.54, 1.807) is 0 Å². The molecule has 0 saturated heterocycles. The lowest BCUT2D eigenvalue weighted by molar-refractivity contribution is 0.0934. The van der Waals surface area contributed by atoms with Crippen molar-refractivity contribution in [2.24, 2.45) is 11.1 Å². The summed E-state index contributed by atoms with van der Waals surface area (Å²) in [6.45, 7) is 6.17. The number of ether oxygens (including phenoxy) is 1. The highest BCUT2D eigenvalue weighted by atomic mass is 19.1. The minimum atomic E-state index is -0.653. The van der Waals surface area contributed by atoms with Crippen LogP contribution in [0, 0.1) is 17.0 Å². The van der Waals surface area contributed by atoms with Gasteiger partial charge in [-0.15, -0.1) is 0 Å². The van der Waals surface area contributed by atoms with Gasteiger partial charge < -0.3 is 10.5 Å². The molecule has 16 heavy (non-hydrogen) atoms. The minimum absolute atomic E-state index is 0.169. The van der Waals surface area contributed by atoms with Gasteiger partial charge in [0.25, 0.3) is 0 Å². The highest BCUT2D eigenvalue weighted by Gasteiger charge is 2.25. The van der Waals surface area contributed by atoms with Gasteiger partial charge in [-0.1, -0.05) is 20.8 Å². The van der Waals surface area contributed by atoms with Crippen molar-refractivity contribution >= 4 is 0 Å². The highest BCUT2D eigenvalue weighted by molar-refractivity contribution is 5.24. The van der Waals surface area contributed by atoms with Crippen LogP contribution in [0.5, 0.6) is 5.75 Å². The summed E-state index contributed by atoms with van der Waals surface area (Å²) in [4.78, 5) is 0. The molecule has 0 spiro atoms. The molecule has 1 atom stereocenters. The van der Waals surface area contributed by atoms with Crippen molar-refractivity contribution in [3.05, 3.63) is 29.8 Å². The highest BCUT2D eigenvalue weighted by Crippen LogP contribution is 2.25. The topological polar surface area (TPSA) is 35.2 Å². The Morgan fingerprint density at radius 1 is 1.19 bits per heavy atom. The molecule has 4 heteroatoms. The summed E-state index contributed by atoms with van der Waals surface area (Å²) in [5.74, 6) is -1.14. The predicted molar refractivity (Wildman–Crippen MR) is 59.3 cm³/mol. The van der Waals surface area contributed by atoms with E-state index in [2.05, 4.69) is 0 Å². The fourth-order valence-corrected chi connectivity index (χ4v) is 1.34. The molecule has 0 aliphatic rings. The van der Waals surface area contributed by atoms with Crippen molar-refractivity contribution < 1.29 is 13.5 Å². The molecule has 90 valence electrons. The van der Waals surface area contributed by atoms with E-state index in [4.69, 9.17) is 10.5 Å². The second kappa shape index (κ2) is 4.78. The summed E-state index contributed by atoms with van der Waals surface area (Å²) >= 11 is 0. The Bertz CT molecular complexity index is 340. The van der Waals surface area contributed by atoms with Crippen molar-refractivity contribution in [3.63, 3.8) is 0 Å². The molecule has 0 aliphatic carbocycles. The second-order valence-corrected chi connectivity index (χ2v) is 4.81. The van der Waals surface area contributed by atoms with E-state index in [0.717, 1.165) is 18.2 Å². The second-order valence-electron chi connectivity index (χ2n) is 4.81. The standard InChI is InChI=1S/C12H17F2NO/c1-12(2,3)11(7-15)16-10-5-8(13)4-9(14)6-10/h4-6,11H,7,15H2,1-3H3. The largest absolute Gasteiger partial charge is 0.488 e. The van der Waals surface area contributed by atoms with Gasteiger partial charge in [-0.2, -0.15) is 0 Å². The SMILES string of the molecule is CC(C)(C)C(CN)Oc1cc(F)cc(F)c1. The quantitative estimate of drug-likeness (QED) is 0.864. The number of benzene rings is 1. The molecule has 0 bridgehead atoms. The maximum Gasteiger partial charge on any atom is 0.129 e. The van der Waals surface area contributed by atoms with Crippen LogP contribution in [0.15, 0.2) is 18.2 Å². The molecular weight excluding hydrogens is 212 g/mol. The van der Waals surface area contributed by atoms with E-state index in [1.165, 1.54) is 0 Å². The van der Waals surface area contributed by atoms with Gasteiger partial charge >= 0.3 is 0 Å². The molecule has 0 heterocycles. The molecule has 1 aromatic carbocycles. The zero-order chi connectivity index (χ0) is 12.3. The van der Waals surface area contributed by atoms with Gasteiger partial charge in [-0.25, -0.2) is 8.78 Å². The van der Waals surface area contributed by atoms with Gasteiger partial charge in [-0.3, -0.25) is 0 Å². The smallest absolute Gasteiger partial charge is 0.129 e. The number of hydrogen-bond donors (Lipinski definition) is 1. The predicted octanol–water partition coefficient (Wildman–Crippen LogP) is 2.72. The lowest BCUT2D eigenvalue weighted by Crippen LogP contribution is -2.38. The van der Waals surface area contributed by atoms with Gasteiger partial charge in [0.1, 0.15) is 23.5 Å². The van der Waals surface area contributed by atoms with E-state index in [0.29, 0.717) is 6.54 Å². The summed E-state index contributed by atoms with van der Waals surface area (Å²) < 4.78 is 31.3. The Labute approximate surface area is 94.4 Å². The fourth-order valence-electron chi connectivity index (χ4n) is 1.34. The molecule has 2 nitrogen and oxygen atoms in total. The molecule has 0 radical (unpaired) electrons. The first-order chi connectivity index (χ1) is 7.32. The Kier molecular flexibility index (Phi) is 3.86. The molecule has 0 amide bonds. The molecule has 1 unspecified atom stereocenters. The van der Waals surface area contributed by atoms with Crippen molar-refractivity contribution in [1.82, 2.24) is 0 Å². The van der Waals surface area contributed by atoms with Crippen LogP contribution in [0.4, 0.5) is 8.78 Å². The molecule has 0 fully saturated rings. The zero-order valence-corrected chi connectivity index (χ0v) is 9.76. The number of nitrogens with two attached hydrogens (primary N) is 1.